The molecular weight excluding hydrogens is 145 g/mol. The smallest absolute Gasteiger partial charge is 0.0906 e. The van der Waals surface area contributed by atoms with Crippen LogP contribution in [-0.4, -0.2) is 44.3 Å². The number of nitrogens with two attached hydrogens (primary N) is 2. The van der Waals surface area contributed by atoms with Gasteiger partial charge in [0, 0.05) is 32.7 Å². The third-order valence-electron chi connectivity index (χ3n) is 1.50. The van der Waals surface area contributed by atoms with Gasteiger partial charge in [0.15, 0.2) is 0 Å². The summed E-state index contributed by atoms with van der Waals surface area (Å²) in [5.74, 6) is 0. The quantitative estimate of drug-likeness (QED) is 0.535. The summed E-state index contributed by atoms with van der Waals surface area (Å²) in [5, 5.41) is 0. The lowest BCUT2D eigenvalue weighted by atomic mass is 10.4. The van der Waals surface area contributed by atoms with E-state index in [2.05, 4.69) is 4.90 Å². The zero-order chi connectivity index (χ0) is 8.53. The molecule has 0 aromatic carbocycles. The van der Waals surface area contributed by atoms with Gasteiger partial charge in [-0.25, -0.2) is 0 Å². The molecular formula is C7H18FN3. The van der Waals surface area contributed by atoms with Crippen molar-refractivity contribution in [2.24, 2.45) is 11.5 Å². The zero-order valence-corrected chi connectivity index (χ0v) is 6.93. The molecule has 0 heterocycles. The highest BCUT2D eigenvalue weighted by molar-refractivity contribution is 4.58. The van der Waals surface area contributed by atoms with Crippen molar-refractivity contribution in [1.82, 2.24) is 4.90 Å². The van der Waals surface area contributed by atoms with Crippen molar-refractivity contribution in [2.45, 2.75) is 6.42 Å². The lowest BCUT2D eigenvalue weighted by molar-refractivity contribution is 0.272. The first-order valence-electron chi connectivity index (χ1n) is 4.03. The van der Waals surface area contributed by atoms with Crippen molar-refractivity contribution < 1.29 is 4.39 Å². The van der Waals surface area contributed by atoms with Crippen LogP contribution in [0, 0.1) is 0 Å². The number of hydrogen-bond acceptors (Lipinski definition) is 3. The van der Waals surface area contributed by atoms with Gasteiger partial charge >= 0.3 is 0 Å². The molecule has 0 atom stereocenters. The minimum absolute atomic E-state index is 0.258. The first-order chi connectivity index (χ1) is 5.35. The molecule has 0 rings (SSSR count). The summed E-state index contributed by atoms with van der Waals surface area (Å²) in [6.45, 7) is 3.38. The summed E-state index contributed by atoms with van der Waals surface area (Å²) in [5.41, 5.74) is 10.7. The fourth-order valence-electron chi connectivity index (χ4n) is 0.984. The van der Waals surface area contributed by atoms with Crippen molar-refractivity contribution in [3.63, 3.8) is 0 Å². The van der Waals surface area contributed by atoms with Crippen molar-refractivity contribution in [3.8, 4) is 0 Å². The Balaban J connectivity index is 3.34. The summed E-state index contributed by atoms with van der Waals surface area (Å²) in [6.07, 6.45) is 0.583. The van der Waals surface area contributed by atoms with Gasteiger partial charge in [0.05, 0.1) is 6.67 Å². The summed E-state index contributed by atoms with van der Waals surface area (Å²) in [4.78, 5) is 2.08. The predicted molar refractivity (Wildman–Crippen MR) is 45.1 cm³/mol. The summed E-state index contributed by atoms with van der Waals surface area (Å²) in [7, 11) is 0. The molecule has 4 N–H and O–H groups in total. The second-order valence-corrected chi connectivity index (χ2v) is 2.46. The second kappa shape index (κ2) is 7.91. The molecule has 0 saturated carbocycles. The lowest BCUT2D eigenvalue weighted by Crippen LogP contribution is -2.34. The maximum absolute atomic E-state index is 11.7. The van der Waals surface area contributed by atoms with Crippen LogP contribution in [0.4, 0.5) is 4.39 Å². The number of rotatable bonds is 7. The van der Waals surface area contributed by atoms with E-state index < -0.39 is 0 Å². The van der Waals surface area contributed by atoms with Crippen molar-refractivity contribution in [3.05, 3.63) is 0 Å². The highest BCUT2D eigenvalue weighted by atomic mass is 19.1. The van der Waals surface area contributed by atoms with E-state index in [0.717, 1.165) is 19.6 Å². The summed E-state index contributed by atoms with van der Waals surface area (Å²) in [6, 6.07) is 0. The van der Waals surface area contributed by atoms with Crippen LogP contribution in [0.1, 0.15) is 6.42 Å². The number of hydrogen-bond donors (Lipinski definition) is 2. The van der Waals surface area contributed by atoms with Crippen LogP contribution in [-0.2, 0) is 0 Å². The molecule has 0 fully saturated rings. The molecule has 0 aliphatic heterocycles. The second-order valence-electron chi connectivity index (χ2n) is 2.46. The minimum Gasteiger partial charge on any atom is -0.329 e. The van der Waals surface area contributed by atoms with E-state index in [0.29, 0.717) is 19.5 Å². The van der Waals surface area contributed by atoms with Gasteiger partial charge in [-0.05, 0) is 6.42 Å². The zero-order valence-electron chi connectivity index (χ0n) is 6.93. The highest BCUT2D eigenvalue weighted by Crippen LogP contribution is 1.89. The fraction of sp³-hybridized carbons (Fsp3) is 1.00. The SMILES string of the molecule is NCCN(CCN)CCCF. The summed E-state index contributed by atoms with van der Waals surface area (Å²) < 4.78 is 11.7. The van der Waals surface area contributed by atoms with Crippen LogP contribution in [0.2, 0.25) is 0 Å². The molecule has 0 aliphatic carbocycles. The fourth-order valence-corrected chi connectivity index (χ4v) is 0.984. The molecule has 0 saturated heterocycles. The lowest BCUT2D eigenvalue weighted by Gasteiger charge is -2.19. The number of nitrogens with zero attached hydrogens (tertiary/aromatic N) is 1. The van der Waals surface area contributed by atoms with Crippen LogP contribution in [0.5, 0.6) is 0 Å². The van der Waals surface area contributed by atoms with E-state index in [-0.39, 0.29) is 6.67 Å². The third-order valence-corrected chi connectivity index (χ3v) is 1.50. The Labute approximate surface area is 67.5 Å². The molecule has 4 heteroatoms. The summed E-state index contributed by atoms with van der Waals surface area (Å²) >= 11 is 0. The molecule has 0 amide bonds. The predicted octanol–water partition coefficient (Wildman–Crippen LogP) is -0.435. The Morgan fingerprint density at radius 3 is 1.91 bits per heavy atom. The Hall–Kier alpha value is -0.190. The van der Waals surface area contributed by atoms with Gasteiger partial charge in [-0.2, -0.15) is 0 Å². The standard InChI is InChI=1S/C7H18FN3/c8-2-1-5-11(6-3-9)7-4-10/h1-7,9-10H2. The van der Waals surface area contributed by atoms with E-state index in [1.54, 1.807) is 0 Å². The average molecular weight is 163 g/mol. The van der Waals surface area contributed by atoms with Gasteiger partial charge < -0.3 is 16.4 Å². The normalized spacial score (nSPS) is 10.9. The van der Waals surface area contributed by atoms with Gasteiger partial charge in [-0.15, -0.1) is 0 Å². The largest absolute Gasteiger partial charge is 0.329 e. The Morgan fingerprint density at radius 2 is 1.55 bits per heavy atom. The maximum atomic E-state index is 11.7. The maximum Gasteiger partial charge on any atom is 0.0906 e. The van der Waals surface area contributed by atoms with Gasteiger partial charge in [0.25, 0.3) is 0 Å². The number of halogens is 1. The van der Waals surface area contributed by atoms with E-state index in [1.165, 1.54) is 0 Å². The van der Waals surface area contributed by atoms with Crippen LogP contribution < -0.4 is 11.5 Å². The third kappa shape index (κ3) is 6.22. The minimum atomic E-state index is -0.258. The van der Waals surface area contributed by atoms with E-state index in [1.807, 2.05) is 0 Å². The molecule has 0 aromatic rings. The van der Waals surface area contributed by atoms with E-state index in [4.69, 9.17) is 11.5 Å². The monoisotopic (exact) mass is 163 g/mol. The van der Waals surface area contributed by atoms with E-state index in [9.17, 15) is 4.39 Å². The Bertz CT molecular complexity index is 74.1. The molecule has 0 radical (unpaired) electrons. The molecule has 0 aliphatic rings. The highest BCUT2D eigenvalue weighted by Gasteiger charge is 2.00. The molecule has 0 aromatic heterocycles. The van der Waals surface area contributed by atoms with E-state index >= 15 is 0 Å². The van der Waals surface area contributed by atoms with Gasteiger partial charge in [-0.1, -0.05) is 0 Å². The first kappa shape index (κ1) is 10.8. The van der Waals surface area contributed by atoms with Crippen LogP contribution in [0.15, 0.2) is 0 Å². The van der Waals surface area contributed by atoms with Crippen LogP contribution in [0.25, 0.3) is 0 Å². The molecule has 68 valence electrons. The average Bonchev–Trinajstić information content (AvgIpc) is 2.01. The van der Waals surface area contributed by atoms with Crippen molar-refractivity contribution in [2.75, 3.05) is 39.4 Å². The van der Waals surface area contributed by atoms with Gasteiger partial charge in [0.2, 0.25) is 0 Å². The Morgan fingerprint density at radius 1 is 1.00 bits per heavy atom. The number of alkyl halides is 1. The molecule has 0 spiro atoms. The topological polar surface area (TPSA) is 55.3 Å². The van der Waals surface area contributed by atoms with Gasteiger partial charge in [0.1, 0.15) is 0 Å². The van der Waals surface area contributed by atoms with Gasteiger partial charge in [-0.3, -0.25) is 4.39 Å². The Kier molecular flexibility index (Phi) is 7.78. The molecule has 0 unspecified atom stereocenters. The van der Waals surface area contributed by atoms with Crippen molar-refractivity contribution in [1.29, 1.82) is 0 Å². The molecule has 0 bridgehead atoms. The van der Waals surface area contributed by atoms with Crippen LogP contribution >= 0.6 is 0 Å². The first-order valence-corrected chi connectivity index (χ1v) is 4.03. The molecule has 11 heavy (non-hydrogen) atoms. The molecule has 3 nitrogen and oxygen atoms in total. The van der Waals surface area contributed by atoms with Crippen molar-refractivity contribution >= 4 is 0 Å². The van der Waals surface area contributed by atoms with Crippen LogP contribution in [0.3, 0.4) is 0 Å².